The Hall–Kier alpha value is -0.870. The maximum atomic E-state index is 10.0. The minimum Gasteiger partial charge on any atom is -0.391 e. The molecular weight excluding hydrogens is 202 g/mol. The van der Waals surface area contributed by atoms with E-state index in [-0.39, 0.29) is 12.1 Å². The van der Waals surface area contributed by atoms with Crippen LogP contribution in [0.2, 0.25) is 0 Å². The minimum atomic E-state index is -0.307. The highest BCUT2D eigenvalue weighted by Gasteiger charge is 2.23. The molecule has 0 bridgehead atoms. The molecule has 16 heavy (non-hydrogen) atoms. The first-order valence-corrected chi connectivity index (χ1v) is 6.12. The van der Waals surface area contributed by atoms with Crippen molar-refractivity contribution < 1.29 is 5.11 Å². The summed E-state index contributed by atoms with van der Waals surface area (Å²) < 4.78 is 1.93. The van der Waals surface area contributed by atoms with Gasteiger partial charge in [-0.25, -0.2) is 0 Å². The summed E-state index contributed by atoms with van der Waals surface area (Å²) in [5, 5.41) is 17.8. The first kappa shape index (κ1) is 11.6. The molecule has 2 heterocycles. The van der Waals surface area contributed by atoms with Gasteiger partial charge < -0.3 is 10.4 Å². The van der Waals surface area contributed by atoms with Gasteiger partial charge in [0.25, 0.3) is 0 Å². The third-order valence-corrected chi connectivity index (χ3v) is 3.17. The normalized spacial score (nSPS) is 22.9. The summed E-state index contributed by atoms with van der Waals surface area (Å²) in [6.07, 6.45) is 4.57. The van der Waals surface area contributed by atoms with E-state index in [2.05, 4.69) is 24.3 Å². The topological polar surface area (TPSA) is 50.1 Å². The highest BCUT2D eigenvalue weighted by Crippen LogP contribution is 2.13. The molecule has 4 heteroatoms. The lowest BCUT2D eigenvalue weighted by atomic mass is 10.0. The van der Waals surface area contributed by atoms with Crippen LogP contribution >= 0.6 is 0 Å². The van der Waals surface area contributed by atoms with Crippen molar-refractivity contribution in [1.82, 2.24) is 15.1 Å². The first-order valence-electron chi connectivity index (χ1n) is 6.12. The van der Waals surface area contributed by atoms with Gasteiger partial charge in [0, 0.05) is 24.7 Å². The van der Waals surface area contributed by atoms with E-state index >= 15 is 0 Å². The second-order valence-corrected chi connectivity index (χ2v) is 4.86. The Bertz CT molecular complexity index is 329. The number of aromatic nitrogens is 2. The van der Waals surface area contributed by atoms with Crippen LogP contribution in [0.1, 0.15) is 38.4 Å². The molecule has 2 atom stereocenters. The maximum Gasteiger partial charge on any atom is 0.0749 e. The summed E-state index contributed by atoms with van der Waals surface area (Å²) in [6.45, 7) is 5.24. The van der Waals surface area contributed by atoms with Gasteiger partial charge >= 0.3 is 0 Å². The van der Waals surface area contributed by atoms with Gasteiger partial charge in [0.2, 0.25) is 0 Å². The zero-order valence-corrected chi connectivity index (χ0v) is 10.1. The second kappa shape index (κ2) is 4.97. The van der Waals surface area contributed by atoms with E-state index in [0.717, 1.165) is 18.7 Å². The lowest BCUT2D eigenvalue weighted by molar-refractivity contribution is 0.134. The lowest BCUT2D eigenvalue weighted by Gasteiger charge is -2.16. The Balaban J connectivity index is 1.92. The SMILES string of the molecule is CC(C)n1ccc(CC(O)C2CCCN2)n1. The Labute approximate surface area is 96.7 Å². The van der Waals surface area contributed by atoms with Crippen LogP contribution in [-0.2, 0) is 6.42 Å². The third kappa shape index (κ3) is 2.62. The Morgan fingerprint density at radius 2 is 2.44 bits per heavy atom. The van der Waals surface area contributed by atoms with E-state index in [1.807, 2.05) is 16.9 Å². The van der Waals surface area contributed by atoms with Crippen molar-refractivity contribution in [3.05, 3.63) is 18.0 Å². The number of rotatable bonds is 4. The molecule has 0 aromatic carbocycles. The van der Waals surface area contributed by atoms with Crippen LogP contribution in [0.4, 0.5) is 0 Å². The zero-order valence-electron chi connectivity index (χ0n) is 10.1. The molecule has 1 saturated heterocycles. The quantitative estimate of drug-likeness (QED) is 0.804. The van der Waals surface area contributed by atoms with Gasteiger partial charge in [-0.2, -0.15) is 5.10 Å². The van der Waals surface area contributed by atoms with E-state index < -0.39 is 0 Å². The number of aliphatic hydroxyl groups is 1. The van der Waals surface area contributed by atoms with E-state index in [9.17, 15) is 5.11 Å². The summed E-state index contributed by atoms with van der Waals surface area (Å²) in [5.41, 5.74) is 0.981. The van der Waals surface area contributed by atoms with E-state index in [1.165, 1.54) is 6.42 Å². The summed E-state index contributed by atoms with van der Waals surface area (Å²) >= 11 is 0. The molecule has 0 aliphatic carbocycles. The largest absolute Gasteiger partial charge is 0.391 e. The average molecular weight is 223 g/mol. The molecular formula is C12H21N3O. The van der Waals surface area contributed by atoms with Crippen LogP contribution in [0.25, 0.3) is 0 Å². The van der Waals surface area contributed by atoms with Crippen LogP contribution in [0.5, 0.6) is 0 Å². The Morgan fingerprint density at radius 3 is 3.00 bits per heavy atom. The number of aliphatic hydroxyl groups excluding tert-OH is 1. The highest BCUT2D eigenvalue weighted by atomic mass is 16.3. The van der Waals surface area contributed by atoms with Crippen LogP contribution in [0, 0.1) is 0 Å². The van der Waals surface area contributed by atoms with Crippen LogP contribution in [0.15, 0.2) is 12.3 Å². The molecule has 90 valence electrons. The molecule has 1 fully saturated rings. The summed E-state index contributed by atoms with van der Waals surface area (Å²) in [4.78, 5) is 0. The standard InChI is InChI=1S/C12H21N3O/c1-9(2)15-7-5-10(14-15)8-12(16)11-4-3-6-13-11/h5,7,9,11-13,16H,3-4,6,8H2,1-2H3. The molecule has 2 unspecified atom stereocenters. The molecule has 0 saturated carbocycles. The van der Waals surface area contributed by atoms with Gasteiger partial charge in [-0.15, -0.1) is 0 Å². The van der Waals surface area contributed by atoms with E-state index in [0.29, 0.717) is 12.5 Å². The van der Waals surface area contributed by atoms with Crippen LogP contribution < -0.4 is 5.32 Å². The number of hydrogen-bond acceptors (Lipinski definition) is 3. The summed E-state index contributed by atoms with van der Waals surface area (Å²) in [5.74, 6) is 0. The Morgan fingerprint density at radius 1 is 1.62 bits per heavy atom. The second-order valence-electron chi connectivity index (χ2n) is 4.86. The van der Waals surface area contributed by atoms with Crippen molar-refractivity contribution in [1.29, 1.82) is 0 Å². The predicted molar refractivity (Wildman–Crippen MR) is 63.3 cm³/mol. The monoisotopic (exact) mass is 223 g/mol. The minimum absolute atomic E-state index is 0.254. The molecule has 2 rings (SSSR count). The maximum absolute atomic E-state index is 10.0. The molecule has 2 N–H and O–H groups in total. The van der Waals surface area contributed by atoms with Crippen molar-refractivity contribution in [2.45, 2.75) is 51.3 Å². The van der Waals surface area contributed by atoms with Gasteiger partial charge in [-0.1, -0.05) is 0 Å². The van der Waals surface area contributed by atoms with Crippen molar-refractivity contribution in [2.75, 3.05) is 6.54 Å². The van der Waals surface area contributed by atoms with Crippen molar-refractivity contribution in [3.8, 4) is 0 Å². The molecule has 1 aliphatic rings. The van der Waals surface area contributed by atoms with Crippen molar-refractivity contribution in [3.63, 3.8) is 0 Å². The van der Waals surface area contributed by atoms with Gasteiger partial charge in [-0.05, 0) is 39.3 Å². The van der Waals surface area contributed by atoms with Gasteiger partial charge in [-0.3, -0.25) is 4.68 Å². The van der Waals surface area contributed by atoms with Gasteiger partial charge in [0.1, 0.15) is 0 Å². The fourth-order valence-corrected chi connectivity index (χ4v) is 2.17. The third-order valence-electron chi connectivity index (χ3n) is 3.17. The molecule has 0 radical (unpaired) electrons. The number of nitrogens with one attached hydrogen (secondary N) is 1. The van der Waals surface area contributed by atoms with Gasteiger partial charge in [0.15, 0.2) is 0 Å². The van der Waals surface area contributed by atoms with Gasteiger partial charge in [0.05, 0.1) is 11.8 Å². The molecule has 0 amide bonds. The summed E-state index contributed by atoms with van der Waals surface area (Å²) in [6, 6.07) is 2.64. The molecule has 1 aromatic rings. The number of hydrogen-bond donors (Lipinski definition) is 2. The fraction of sp³-hybridized carbons (Fsp3) is 0.750. The highest BCUT2D eigenvalue weighted by molar-refractivity contribution is 5.02. The molecule has 1 aromatic heterocycles. The fourth-order valence-electron chi connectivity index (χ4n) is 2.17. The molecule has 0 spiro atoms. The smallest absolute Gasteiger partial charge is 0.0749 e. The molecule has 1 aliphatic heterocycles. The van der Waals surface area contributed by atoms with Crippen LogP contribution in [-0.4, -0.2) is 33.6 Å². The zero-order chi connectivity index (χ0) is 11.5. The predicted octanol–water partition coefficient (Wildman–Crippen LogP) is 1.12. The van der Waals surface area contributed by atoms with E-state index in [4.69, 9.17) is 0 Å². The average Bonchev–Trinajstić information content (AvgIpc) is 2.87. The first-order chi connectivity index (χ1) is 7.66. The van der Waals surface area contributed by atoms with Crippen molar-refractivity contribution >= 4 is 0 Å². The Kier molecular flexibility index (Phi) is 3.61. The lowest BCUT2D eigenvalue weighted by Crippen LogP contribution is -2.36. The molecule has 4 nitrogen and oxygen atoms in total. The van der Waals surface area contributed by atoms with Crippen LogP contribution in [0.3, 0.4) is 0 Å². The number of nitrogens with zero attached hydrogens (tertiary/aromatic N) is 2. The summed E-state index contributed by atoms with van der Waals surface area (Å²) in [7, 11) is 0. The van der Waals surface area contributed by atoms with Crippen molar-refractivity contribution in [2.24, 2.45) is 0 Å². The van der Waals surface area contributed by atoms with E-state index in [1.54, 1.807) is 0 Å².